The molecule has 0 unspecified atom stereocenters. The van der Waals surface area contributed by atoms with Crippen molar-refractivity contribution in [3.05, 3.63) is 70.4 Å². The molecule has 0 fully saturated rings. The van der Waals surface area contributed by atoms with Crippen LogP contribution in [0.15, 0.2) is 65.1 Å². The Morgan fingerprint density at radius 2 is 1.85 bits per heavy atom. The van der Waals surface area contributed by atoms with Crippen molar-refractivity contribution in [2.24, 2.45) is 11.0 Å². The van der Waals surface area contributed by atoms with Gasteiger partial charge >= 0.3 is 0 Å². The van der Waals surface area contributed by atoms with Crippen molar-refractivity contribution in [2.45, 2.75) is 39.8 Å². The van der Waals surface area contributed by atoms with Gasteiger partial charge in [-0.1, -0.05) is 44.2 Å². The lowest BCUT2D eigenvalue weighted by Crippen LogP contribution is -2.49. The van der Waals surface area contributed by atoms with Crippen LogP contribution < -0.4 is 10.7 Å². The smallest absolute Gasteiger partial charge is 0.262 e. The number of fused-ring (bicyclic) bond motifs is 3. The fourth-order valence-electron chi connectivity index (χ4n) is 4.06. The van der Waals surface area contributed by atoms with Crippen molar-refractivity contribution in [1.82, 2.24) is 15.3 Å². The summed E-state index contributed by atoms with van der Waals surface area (Å²) in [4.78, 5) is 26.0. The van der Waals surface area contributed by atoms with Crippen LogP contribution in [0.25, 0.3) is 21.8 Å². The summed E-state index contributed by atoms with van der Waals surface area (Å²) in [7, 11) is 0. The van der Waals surface area contributed by atoms with Crippen molar-refractivity contribution in [1.29, 1.82) is 0 Å². The number of hydrazone groups is 1. The van der Waals surface area contributed by atoms with Gasteiger partial charge in [0.2, 0.25) is 5.91 Å². The first-order valence-electron chi connectivity index (χ1n) is 11.1. The third-order valence-electron chi connectivity index (χ3n) is 5.68. The number of amides is 2. The first-order valence-corrected chi connectivity index (χ1v) is 12.0. The van der Waals surface area contributed by atoms with Crippen LogP contribution in [-0.2, 0) is 22.6 Å². The summed E-state index contributed by atoms with van der Waals surface area (Å²) >= 11 is 1.52. The van der Waals surface area contributed by atoms with Crippen molar-refractivity contribution in [2.75, 3.05) is 0 Å². The van der Waals surface area contributed by atoms with E-state index in [1.807, 2.05) is 43.5 Å². The van der Waals surface area contributed by atoms with Crippen LogP contribution >= 0.6 is 11.3 Å². The second-order valence-electron chi connectivity index (χ2n) is 8.32. The summed E-state index contributed by atoms with van der Waals surface area (Å²) < 4.78 is 2.29. The monoisotopic (exact) mass is 460 g/mol. The number of hydrogen-bond donors (Lipinski definition) is 2. The summed E-state index contributed by atoms with van der Waals surface area (Å²) in [6, 6.07) is 17.7. The number of hydrogen-bond acceptors (Lipinski definition) is 4. The Morgan fingerprint density at radius 1 is 1.06 bits per heavy atom. The van der Waals surface area contributed by atoms with Gasteiger partial charge in [0.05, 0.1) is 12.6 Å². The summed E-state index contributed by atoms with van der Waals surface area (Å²) in [6.45, 7) is 6.83. The Labute approximate surface area is 197 Å². The van der Waals surface area contributed by atoms with Gasteiger partial charge < -0.3 is 9.88 Å². The van der Waals surface area contributed by atoms with E-state index in [0.717, 1.165) is 22.4 Å². The van der Waals surface area contributed by atoms with E-state index in [1.54, 1.807) is 6.21 Å². The van der Waals surface area contributed by atoms with Crippen LogP contribution in [0.4, 0.5) is 0 Å². The van der Waals surface area contributed by atoms with Gasteiger partial charge in [0.15, 0.2) is 0 Å². The number of benzene rings is 2. The molecule has 170 valence electrons. The fourth-order valence-corrected chi connectivity index (χ4v) is 4.77. The second-order valence-corrected chi connectivity index (χ2v) is 9.35. The van der Waals surface area contributed by atoms with Gasteiger partial charge in [-0.2, -0.15) is 5.10 Å². The zero-order chi connectivity index (χ0) is 23.4. The SMILES string of the molecule is CCn1c2ccccc2c2cc(/C=N\NC(=O)[C@H](NC(=O)Cc3cccs3)C(C)C)ccc21. The zero-order valence-electron chi connectivity index (χ0n) is 19.0. The molecule has 0 bridgehead atoms. The molecule has 2 aromatic carbocycles. The molecule has 0 saturated carbocycles. The molecule has 33 heavy (non-hydrogen) atoms. The van der Waals surface area contributed by atoms with E-state index in [2.05, 4.69) is 57.7 Å². The summed E-state index contributed by atoms with van der Waals surface area (Å²) in [5.41, 5.74) is 5.86. The number of nitrogens with one attached hydrogen (secondary N) is 2. The zero-order valence-corrected chi connectivity index (χ0v) is 19.9. The van der Waals surface area contributed by atoms with E-state index in [1.165, 1.54) is 27.8 Å². The molecule has 0 aliphatic heterocycles. The Bertz CT molecular complexity index is 1300. The standard InChI is InChI=1S/C26H28N4O2S/c1-4-30-22-10-6-5-9-20(22)21-14-18(11-12-23(21)30)16-27-29-26(32)25(17(2)3)28-24(31)15-19-8-7-13-33-19/h5-14,16-17,25H,4,15H2,1-3H3,(H,28,31)(H,29,32)/b27-16-/t25-/m1/s1. The fraction of sp³-hybridized carbons (Fsp3) is 0.269. The highest BCUT2D eigenvalue weighted by Crippen LogP contribution is 2.29. The van der Waals surface area contributed by atoms with Crippen molar-refractivity contribution in [3.63, 3.8) is 0 Å². The Kier molecular flexibility index (Phi) is 6.89. The normalized spacial score (nSPS) is 12.6. The number of nitrogens with zero attached hydrogens (tertiary/aromatic N) is 2. The van der Waals surface area contributed by atoms with E-state index in [9.17, 15) is 9.59 Å². The quantitative estimate of drug-likeness (QED) is 0.295. The molecule has 2 aromatic heterocycles. The first kappa shape index (κ1) is 22.7. The molecule has 0 spiro atoms. The van der Waals surface area contributed by atoms with E-state index in [4.69, 9.17) is 0 Å². The molecule has 4 rings (SSSR count). The minimum absolute atomic E-state index is 0.0657. The average Bonchev–Trinajstić information content (AvgIpc) is 3.42. The third-order valence-corrected chi connectivity index (χ3v) is 6.56. The maximum absolute atomic E-state index is 12.7. The average molecular weight is 461 g/mol. The summed E-state index contributed by atoms with van der Waals surface area (Å²) in [6.07, 6.45) is 1.91. The second kappa shape index (κ2) is 10.0. The Hall–Kier alpha value is -3.45. The van der Waals surface area contributed by atoms with Crippen molar-refractivity contribution in [3.8, 4) is 0 Å². The van der Waals surface area contributed by atoms with E-state index >= 15 is 0 Å². The van der Waals surface area contributed by atoms with Gasteiger partial charge in [-0.25, -0.2) is 5.43 Å². The number of aromatic nitrogens is 1. The summed E-state index contributed by atoms with van der Waals surface area (Å²) in [5.74, 6) is -0.568. The third kappa shape index (κ3) is 4.98. The van der Waals surface area contributed by atoms with E-state index in [0.29, 0.717) is 0 Å². The van der Waals surface area contributed by atoms with Gasteiger partial charge in [0, 0.05) is 33.2 Å². The van der Waals surface area contributed by atoms with Gasteiger partial charge in [-0.05, 0) is 48.1 Å². The van der Waals surface area contributed by atoms with E-state index < -0.39 is 6.04 Å². The minimum Gasteiger partial charge on any atom is -0.344 e. The maximum Gasteiger partial charge on any atom is 0.262 e. The van der Waals surface area contributed by atoms with Crippen LogP contribution in [0.3, 0.4) is 0 Å². The highest BCUT2D eigenvalue weighted by Gasteiger charge is 2.24. The number of aryl methyl sites for hydroxylation is 1. The predicted molar refractivity (Wildman–Crippen MR) is 136 cm³/mol. The number of carbonyl (C=O) groups is 2. The number of carbonyl (C=O) groups excluding carboxylic acids is 2. The number of thiophene rings is 1. The molecule has 0 radical (unpaired) electrons. The Morgan fingerprint density at radius 3 is 2.58 bits per heavy atom. The molecule has 2 amide bonds. The predicted octanol–water partition coefficient (Wildman–Crippen LogP) is 4.71. The molecule has 6 nitrogen and oxygen atoms in total. The van der Waals surface area contributed by atoms with Crippen molar-refractivity contribution >= 4 is 51.2 Å². The van der Waals surface area contributed by atoms with Gasteiger partial charge in [0.25, 0.3) is 5.91 Å². The van der Waals surface area contributed by atoms with Crippen LogP contribution in [0.5, 0.6) is 0 Å². The lowest BCUT2D eigenvalue weighted by atomic mass is 10.0. The topological polar surface area (TPSA) is 75.5 Å². The maximum atomic E-state index is 12.7. The van der Waals surface area contributed by atoms with Crippen LogP contribution in [0.1, 0.15) is 31.2 Å². The van der Waals surface area contributed by atoms with Crippen LogP contribution in [0.2, 0.25) is 0 Å². The molecule has 0 saturated heterocycles. The van der Waals surface area contributed by atoms with E-state index in [-0.39, 0.29) is 24.2 Å². The molecular weight excluding hydrogens is 432 g/mol. The molecular formula is C26H28N4O2S. The lowest BCUT2D eigenvalue weighted by molar-refractivity contribution is -0.129. The van der Waals surface area contributed by atoms with Gasteiger partial charge in [-0.3, -0.25) is 9.59 Å². The van der Waals surface area contributed by atoms with Gasteiger partial charge in [0.1, 0.15) is 6.04 Å². The number of rotatable bonds is 8. The minimum atomic E-state index is -0.653. The van der Waals surface area contributed by atoms with Crippen LogP contribution in [-0.4, -0.2) is 28.6 Å². The van der Waals surface area contributed by atoms with Crippen molar-refractivity contribution < 1.29 is 9.59 Å². The molecule has 7 heteroatoms. The van der Waals surface area contributed by atoms with Gasteiger partial charge in [-0.15, -0.1) is 11.3 Å². The largest absolute Gasteiger partial charge is 0.344 e. The number of para-hydroxylation sites is 1. The molecule has 0 aliphatic rings. The highest BCUT2D eigenvalue weighted by atomic mass is 32.1. The molecule has 2 N–H and O–H groups in total. The highest BCUT2D eigenvalue weighted by molar-refractivity contribution is 7.10. The molecule has 2 heterocycles. The first-order chi connectivity index (χ1) is 16.0. The van der Waals surface area contributed by atoms with Crippen LogP contribution in [0, 0.1) is 5.92 Å². The molecule has 0 aliphatic carbocycles. The lowest BCUT2D eigenvalue weighted by Gasteiger charge is -2.20. The molecule has 1 atom stereocenters. The summed E-state index contributed by atoms with van der Waals surface area (Å²) in [5, 5.41) is 11.3. The Balaban J connectivity index is 1.46. The molecule has 4 aromatic rings.